The molecule has 1 atom stereocenters. The van der Waals surface area contributed by atoms with E-state index in [4.69, 9.17) is 18.9 Å². The van der Waals surface area contributed by atoms with Gasteiger partial charge in [0.2, 0.25) is 0 Å². The minimum atomic E-state index is -4.44. The number of benzene rings is 2. The lowest BCUT2D eigenvalue weighted by Gasteiger charge is -2.31. The lowest BCUT2D eigenvalue weighted by molar-refractivity contribution is -0.0301. The van der Waals surface area contributed by atoms with Crippen LogP contribution in [-0.4, -0.2) is 76.9 Å². The smallest absolute Gasteiger partial charge is 0.350 e. The van der Waals surface area contributed by atoms with Gasteiger partial charge in [-0.2, -0.15) is 5.10 Å². The van der Waals surface area contributed by atoms with Crippen molar-refractivity contribution in [2.24, 2.45) is 0 Å². The molecule has 1 saturated heterocycles. The van der Waals surface area contributed by atoms with Crippen molar-refractivity contribution in [3.8, 4) is 28.3 Å². The van der Waals surface area contributed by atoms with Gasteiger partial charge in [0.1, 0.15) is 36.3 Å². The molecule has 4 bridgehead atoms. The summed E-state index contributed by atoms with van der Waals surface area (Å²) in [5.41, 5.74) is 4.26. The van der Waals surface area contributed by atoms with Crippen LogP contribution in [0.25, 0.3) is 33.4 Å². The molecule has 0 radical (unpaired) electrons. The van der Waals surface area contributed by atoms with Gasteiger partial charge in [-0.3, -0.25) is 14.6 Å². The van der Waals surface area contributed by atoms with Crippen molar-refractivity contribution in [2.75, 3.05) is 50.8 Å². The van der Waals surface area contributed by atoms with E-state index in [1.165, 1.54) is 6.07 Å². The number of morpholine rings is 1. The Balaban J connectivity index is 1.46. The first-order valence-corrected chi connectivity index (χ1v) is 14.6. The zero-order valence-corrected chi connectivity index (χ0v) is 22.3. The van der Waals surface area contributed by atoms with E-state index in [9.17, 15) is 14.4 Å². The van der Waals surface area contributed by atoms with Crippen molar-refractivity contribution < 1.29 is 37.7 Å². The summed E-state index contributed by atoms with van der Waals surface area (Å²) in [6.07, 6.45) is 0.0293. The third-order valence-corrected chi connectivity index (χ3v) is 7.34. The highest BCUT2D eigenvalue weighted by atomic mass is 31.2. The average molecular weight is 571 g/mol. The van der Waals surface area contributed by atoms with Crippen LogP contribution in [0.2, 0.25) is 0 Å². The minimum Gasteiger partial charge on any atom is -0.489 e. The molecular formula is C27H28FN4O7P. The van der Waals surface area contributed by atoms with E-state index in [0.29, 0.717) is 60.1 Å². The highest BCUT2D eigenvalue weighted by molar-refractivity contribution is 7.51. The van der Waals surface area contributed by atoms with Gasteiger partial charge in [0.25, 0.3) is 0 Å². The maximum atomic E-state index is 15.2. The summed E-state index contributed by atoms with van der Waals surface area (Å²) in [5.74, 6) is 0.107. The molecule has 4 heterocycles. The maximum Gasteiger partial charge on any atom is 0.350 e. The van der Waals surface area contributed by atoms with Crippen molar-refractivity contribution in [1.29, 1.82) is 0 Å². The molecule has 11 nitrogen and oxygen atoms in total. The molecule has 2 aromatic heterocycles. The standard InChI is InChI=1S/C27H28FN4O7P/c28-21-3-1-2-18-13-37-14-19(39-16-40(33,34)35)15-38-25-10-17(4-5-24(25)32-6-8-36-9-7-32)27-20-11-22(26(18)21)29-12-23(20)30-31-27/h1-5,10-12,19H,6-9,13-16H2,(H,30,31)(H2,33,34,35)/t19-/m1/s1. The van der Waals surface area contributed by atoms with Gasteiger partial charge in [-0.1, -0.05) is 18.2 Å². The van der Waals surface area contributed by atoms with Gasteiger partial charge in [0.15, 0.2) is 0 Å². The zero-order valence-electron chi connectivity index (χ0n) is 21.5. The van der Waals surface area contributed by atoms with Crippen LogP contribution in [0, 0.1) is 5.82 Å². The first-order chi connectivity index (χ1) is 19.4. The molecule has 0 spiro atoms. The summed E-state index contributed by atoms with van der Waals surface area (Å²) < 4.78 is 49.9. The number of fused-ring (bicyclic) bond motifs is 6. The molecule has 0 unspecified atom stereocenters. The first-order valence-electron chi connectivity index (χ1n) is 12.8. The fourth-order valence-electron chi connectivity index (χ4n) is 4.92. The zero-order chi connectivity index (χ0) is 27.7. The number of pyridine rings is 1. The third kappa shape index (κ3) is 5.73. The van der Waals surface area contributed by atoms with E-state index in [1.807, 2.05) is 18.2 Å². The van der Waals surface area contributed by atoms with Crippen molar-refractivity contribution in [3.63, 3.8) is 0 Å². The van der Waals surface area contributed by atoms with Crippen molar-refractivity contribution >= 4 is 24.2 Å². The fourth-order valence-corrected chi connectivity index (χ4v) is 5.33. The van der Waals surface area contributed by atoms with Gasteiger partial charge >= 0.3 is 7.60 Å². The highest BCUT2D eigenvalue weighted by Crippen LogP contribution is 2.38. The SMILES string of the molecule is O=P(O)(O)CO[C@@H]1COCc2cccc(F)c2-c2cc3c(n[nH]c3cn2)-c2ccc(N3CCOCC3)c(c2)OC1. The molecule has 2 aliphatic rings. The number of aromatic nitrogens is 3. The summed E-state index contributed by atoms with van der Waals surface area (Å²) in [6, 6.07) is 12.3. The summed E-state index contributed by atoms with van der Waals surface area (Å²) in [6.45, 7) is 2.47. The van der Waals surface area contributed by atoms with Gasteiger partial charge in [-0.15, -0.1) is 0 Å². The lowest BCUT2D eigenvalue weighted by atomic mass is 10.0. The molecule has 0 saturated carbocycles. The molecule has 2 aliphatic heterocycles. The topological polar surface area (TPSA) is 139 Å². The Kier molecular flexibility index (Phi) is 7.54. The van der Waals surface area contributed by atoms with Gasteiger partial charge in [-0.05, 0) is 29.8 Å². The summed E-state index contributed by atoms with van der Waals surface area (Å²) >= 11 is 0. The van der Waals surface area contributed by atoms with Crippen LogP contribution in [0.3, 0.4) is 0 Å². The second-order valence-electron chi connectivity index (χ2n) is 9.65. The average Bonchev–Trinajstić information content (AvgIpc) is 3.37. The molecule has 0 aliphatic carbocycles. The van der Waals surface area contributed by atoms with Crippen molar-refractivity contribution in [1.82, 2.24) is 15.2 Å². The van der Waals surface area contributed by atoms with Gasteiger partial charge in [0.05, 0.1) is 49.5 Å². The Bertz CT molecular complexity index is 1570. The van der Waals surface area contributed by atoms with Crippen LogP contribution in [0.5, 0.6) is 5.75 Å². The molecular weight excluding hydrogens is 542 g/mol. The minimum absolute atomic E-state index is 0.0214. The van der Waals surface area contributed by atoms with E-state index in [2.05, 4.69) is 20.1 Å². The number of hydrogen-bond donors (Lipinski definition) is 3. The Labute approximate surface area is 229 Å². The molecule has 4 aromatic rings. The van der Waals surface area contributed by atoms with E-state index in [-0.39, 0.29) is 19.8 Å². The summed E-state index contributed by atoms with van der Waals surface area (Å²) in [5, 5.41) is 8.30. The largest absolute Gasteiger partial charge is 0.489 e. The maximum absolute atomic E-state index is 15.2. The molecule has 13 heteroatoms. The molecule has 40 heavy (non-hydrogen) atoms. The van der Waals surface area contributed by atoms with Crippen LogP contribution in [0.1, 0.15) is 5.56 Å². The number of ether oxygens (including phenoxy) is 4. The van der Waals surface area contributed by atoms with Crippen LogP contribution >= 0.6 is 7.60 Å². The van der Waals surface area contributed by atoms with Crippen LogP contribution in [0.15, 0.2) is 48.7 Å². The quantitative estimate of drug-likeness (QED) is 0.311. The monoisotopic (exact) mass is 570 g/mol. The number of halogens is 1. The van der Waals surface area contributed by atoms with Crippen molar-refractivity contribution in [3.05, 3.63) is 60.0 Å². The third-order valence-electron chi connectivity index (χ3n) is 6.85. The van der Waals surface area contributed by atoms with E-state index in [1.54, 1.807) is 24.4 Å². The lowest BCUT2D eigenvalue weighted by Crippen LogP contribution is -2.36. The number of anilines is 1. The second kappa shape index (κ2) is 11.2. The summed E-state index contributed by atoms with van der Waals surface area (Å²) in [4.78, 5) is 25.4. The molecule has 2 aromatic carbocycles. The summed E-state index contributed by atoms with van der Waals surface area (Å²) in [7, 11) is -4.44. The first kappa shape index (κ1) is 26.8. The number of aromatic amines is 1. The Morgan fingerprint density at radius 3 is 2.80 bits per heavy atom. The molecule has 0 amide bonds. The van der Waals surface area contributed by atoms with Crippen LogP contribution in [0.4, 0.5) is 10.1 Å². The fraction of sp³-hybridized carbons (Fsp3) is 0.333. The Morgan fingerprint density at radius 1 is 1.12 bits per heavy atom. The van der Waals surface area contributed by atoms with E-state index < -0.39 is 25.9 Å². The molecule has 6 rings (SSSR count). The number of nitrogens with one attached hydrogen (secondary N) is 1. The van der Waals surface area contributed by atoms with E-state index in [0.717, 1.165) is 16.6 Å². The second-order valence-corrected chi connectivity index (χ2v) is 11.2. The van der Waals surface area contributed by atoms with Gasteiger partial charge in [0, 0.05) is 29.6 Å². The highest BCUT2D eigenvalue weighted by Gasteiger charge is 2.23. The molecule has 1 fully saturated rings. The predicted octanol–water partition coefficient (Wildman–Crippen LogP) is 3.70. The molecule has 210 valence electrons. The predicted molar refractivity (Wildman–Crippen MR) is 145 cm³/mol. The van der Waals surface area contributed by atoms with Gasteiger partial charge in [-0.25, -0.2) is 4.39 Å². The number of H-pyrrole nitrogens is 1. The van der Waals surface area contributed by atoms with Crippen LogP contribution < -0.4 is 9.64 Å². The van der Waals surface area contributed by atoms with E-state index >= 15 is 4.39 Å². The number of rotatable bonds is 4. The van der Waals surface area contributed by atoms with Crippen LogP contribution in [-0.2, 0) is 25.4 Å². The number of hydrogen-bond acceptors (Lipinski definition) is 8. The van der Waals surface area contributed by atoms with Gasteiger partial charge < -0.3 is 33.6 Å². The Hall–Kier alpha value is -3.38. The van der Waals surface area contributed by atoms with Crippen molar-refractivity contribution in [2.45, 2.75) is 12.7 Å². The number of nitrogens with zero attached hydrogens (tertiary/aromatic N) is 3. The normalized spacial score (nSPS) is 18.2. The Morgan fingerprint density at radius 2 is 1.98 bits per heavy atom. The molecule has 3 N–H and O–H groups in total.